The van der Waals surface area contributed by atoms with Crippen molar-refractivity contribution in [1.82, 2.24) is 30.7 Å². The van der Waals surface area contributed by atoms with E-state index in [0.29, 0.717) is 12.2 Å². The van der Waals surface area contributed by atoms with Crippen molar-refractivity contribution in [2.45, 2.75) is 33.2 Å². The minimum Gasteiger partial charge on any atom is -0.378 e. The maximum atomic E-state index is 12.8. The Morgan fingerprint density at radius 2 is 1.97 bits per heavy atom. The Kier molecular flexibility index (Phi) is 7.84. The first-order valence-electron chi connectivity index (χ1n) is 9.99. The van der Waals surface area contributed by atoms with E-state index in [2.05, 4.69) is 60.9 Å². The van der Waals surface area contributed by atoms with Gasteiger partial charge in [0.05, 0.1) is 19.3 Å². The molecule has 0 unspecified atom stereocenters. The molecule has 0 saturated carbocycles. The number of hydrogen-bond acceptors (Lipinski definition) is 8. The van der Waals surface area contributed by atoms with Gasteiger partial charge in [-0.15, -0.1) is 5.10 Å². The van der Waals surface area contributed by atoms with E-state index in [4.69, 9.17) is 10.4 Å². The van der Waals surface area contributed by atoms with E-state index >= 15 is 0 Å². The van der Waals surface area contributed by atoms with Gasteiger partial charge in [-0.25, -0.2) is 10.1 Å². The minimum absolute atomic E-state index is 0.0684. The van der Waals surface area contributed by atoms with E-state index in [-0.39, 0.29) is 17.3 Å². The van der Waals surface area contributed by atoms with Gasteiger partial charge in [0.1, 0.15) is 12.2 Å². The van der Waals surface area contributed by atoms with Gasteiger partial charge in [-0.05, 0) is 40.9 Å². The lowest BCUT2D eigenvalue weighted by molar-refractivity contribution is -0.914. The summed E-state index contributed by atoms with van der Waals surface area (Å²) in [5, 5.41) is 19.6. The fraction of sp³-hybridized carbons (Fsp3) is 0.368. The number of amides is 1. The molecular weight excluding hydrogens is 466 g/mol. The van der Waals surface area contributed by atoms with Crippen molar-refractivity contribution in [2.75, 3.05) is 18.8 Å². The molecule has 4 N–H and O–H groups in total. The van der Waals surface area contributed by atoms with Gasteiger partial charge in [0.15, 0.2) is 5.69 Å². The monoisotopic (exact) mass is 490 g/mol. The average Bonchev–Trinajstić information content (AvgIpc) is 3.35. The summed E-state index contributed by atoms with van der Waals surface area (Å²) in [7, 11) is 0. The molecule has 31 heavy (non-hydrogen) atoms. The summed E-state index contributed by atoms with van der Waals surface area (Å²) < 4.78 is 7.07. The molecule has 1 aromatic carbocycles. The third kappa shape index (κ3) is 5.73. The van der Waals surface area contributed by atoms with Crippen molar-refractivity contribution in [3.8, 4) is 5.82 Å². The van der Waals surface area contributed by atoms with Crippen molar-refractivity contribution in [3.63, 3.8) is 0 Å². The van der Waals surface area contributed by atoms with Gasteiger partial charge in [0, 0.05) is 4.47 Å². The number of carbonyl (C=O) groups is 1. The zero-order valence-corrected chi connectivity index (χ0v) is 19.0. The Morgan fingerprint density at radius 1 is 1.26 bits per heavy atom. The Hall–Kier alpha value is -3.12. The highest BCUT2D eigenvalue weighted by Gasteiger charge is 2.26. The standard InChI is InChI=1S/C19H24BrN9O2/c1-3-9-28(10-4-2)12-15-16(23-27-29(15)18-17(21)25-31-26-18)19(30)24-22-11-13-5-7-14(20)8-6-13/h5-8,11H,3-4,9-10,12H2,1-2H3,(H2,21,25)(H,24,30)/p+1. The molecule has 0 aliphatic carbocycles. The summed E-state index contributed by atoms with van der Waals surface area (Å²) >= 11 is 3.38. The molecular formula is C19H25BrN9O2+. The number of anilines is 1. The number of nitrogen functional groups attached to an aromatic ring is 1. The summed E-state index contributed by atoms with van der Waals surface area (Å²) in [5.74, 6) is -0.205. The summed E-state index contributed by atoms with van der Waals surface area (Å²) in [4.78, 5) is 14.1. The van der Waals surface area contributed by atoms with Crippen molar-refractivity contribution < 1.29 is 14.3 Å². The lowest BCUT2D eigenvalue weighted by Crippen LogP contribution is -3.10. The topological polar surface area (TPSA) is 142 Å². The number of hydrazone groups is 1. The quantitative estimate of drug-likeness (QED) is 0.283. The highest BCUT2D eigenvalue weighted by Crippen LogP contribution is 2.15. The lowest BCUT2D eigenvalue weighted by Gasteiger charge is -2.18. The fourth-order valence-corrected chi connectivity index (χ4v) is 3.42. The van der Waals surface area contributed by atoms with Crippen LogP contribution in [-0.2, 0) is 6.54 Å². The summed E-state index contributed by atoms with van der Waals surface area (Å²) in [6.07, 6.45) is 3.56. The summed E-state index contributed by atoms with van der Waals surface area (Å²) in [6.45, 7) is 6.63. The maximum Gasteiger partial charge on any atom is 0.294 e. The first-order chi connectivity index (χ1) is 15.0. The van der Waals surface area contributed by atoms with Crippen molar-refractivity contribution >= 4 is 33.9 Å². The molecule has 1 amide bonds. The van der Waals surface area contributed by atoms with Crippen molar-refractivity contribution in [2.24, 2.45) is 5.10 Å². The Morgan fingerprint density at radius 3 is 2.58 bits per heavy atom. The van der Waals surface area contributed by atoms with Crippen LogP contribution in [0.15, 0.2) is 38.5 Å². The molecule has 2 heterocycles. The first kappa shape index (κ1) is 22.6. The van der Waals surface area contributed by atoms with Crippen molar-refractivity contribution in [3.05, 3.63) is 45.7 Å². The zero-order chi connectivity index (χ0) is 22.2. The molecule has 0 aliphatic heterocycles. The number of benzene rings is 1. The molecule has 3 aromatic rings. The number of hydrogen-bond donors (Lipinski definition) is 3. The van der Waals surface area contributed by atoms with Gasteiger partial charge in [0.2, 0.25) is 11.6 Å². The van der Waals surface area contributed by atoms with Crippen LogP contribution in [0.4, 0.5) is 5.82 Å². The molecule has 164 valence electrons. The molecule has 0 spiro atoms. The molecule has 0 bridgehead atoms. The molecule has 0 atom stereocenters. The second-order valence-electron chi connectivity index (χ2n) is 6.95. The molecule has 0 aliphatic rings. The van der Waals surface area contributed by atoms with Gasteiger partial charge in [-0.1, -0.05) is 47.1 Å². The number of nitrogens with one attached hydrogen (secondary N) is 2. The molecule has 12 heteroatoms. The largest absolute Gasteiger partial charge is 0.378 e. The third-order valence-corrected chi connectivity index (χ3v) is 5.08. The van der Waals surface area contributed by atoms with Gasteiger partial charge < -0.3 is 10.6 Å². The summed E-state index contributed by atoms with van der Waals surface area (Å²) in [6, 6.07) is 7.53. The number of halogens is 1. The van der Waals surface area contributed by atoms with Crippen LogP contribution in [0.2, 0.25) is 0 Å². The van der Waals surface area contributed by atoms with Crippen LogP contribution in [0.25, 0.3) is 5.82 Å². The normalized spacial score (nSPS) is 11.5. The molecule has 0 radical (unpaired) electrons. The Labute approximate surface area is 187 Å². The second kappa shape index (κ2) is 10.8. The van der Waals surface area contributed by atoms with Gasteiger partial charge >= 0.3 is 0 Å². The lowest BCUT2D eigenvalue weighted by atomic mass is 10.2. The predicted molar refractivity (Wildman–Crippen MR) is 118 cm³/mol. The van der Waals surface area contributed by atoms with E-state index in [9.17, 15) is 4.79 Å². The smallest absolute Gasteiger partial charge is 0.294 e. The first-order valence-corrected chi connectivity index (χ1v) is 10.8. The van der Waals surface area contributed by atoms with Crippen LogP contribution in [0.3, 0.4) is 0 Å². The highest BCUT2D eigenvalue weighted by molar-refractivity contribution is 9.10. The van der Waals surface area contributed by atoms with E-state index in [1.807, 2.05) is 24.3 Å². The maximum absolute atomic E-state index is 12.8. The number of carbonyl (C=O) groups excluding carboxylic acids is 1. The predicted octanol–water partition coefficient (Wildman–Crippen LogP) is 0.964. The summed E-state index contributed by atoms with van der Waals surface area (Å²) in [5.41, 5.74) is 9.92. The van der Waals surface area contributed by atoms with E-state index in [1.165, 1.54) is 9.58 Å². The number of rotatable bonds is 10. The number of aromatic nitrogens is 5. The van der Waals surface area contributed by atoms with E-state index < -0.39 is 5.91 Å². The van der Waals surface area contributed by atoms with Crippen LogP contribution in [-0.4, -0.2) is 50.5 Å². The molecule has 0 saturated heterocycles. The number of nitrogens with zero attached hydrogens (tertiary/aromatic N) is 6. The molecule has 2 aromatic heterocycles. The Balaban J connectivity index is 1.86. The van der Waals surface area contributed by atoms with Crippen LogP contribution >= 0.6 is 15.9 Å². The van der Waals surface area contributed by atoms with Crippen molar-refractivity contribution in [1.29, 1.82) is 0 Å². The average molecular weight is 491 g/mol. The highest BCUT2D eigenvalue weighted by atomic mass is 79.9. The van der Waals surface area contributed by atoms with Gasteiger partial charge in [-0.3, -0.25) is 4.79 Å². The van der Waals surface area contributed by atoms with Gasteiger partial charge in [-0.2, -0.15) is 9.78 Å². The SMILES string of the molecule is CCC[NH+](CCC)Cc1c(C(=O)NN=Cc2ccc(Br)cc2)nnn1-c1nonc1N. The molecule has 0 fully saturated rings. The van der Waals surface area contributed by atoms with Crippen LogP contribution in [0, 0.1) is 0 Å². The van der Waals surface area contributed by atoms with Gasteiger partial charge in [0.25, 0.3) is 5.91 Å². The Bertz CT molecular complexity index is 1020. The second-order valence-corrected chi connectivity index (χ2v) is 7.86. The van der Waals surface area contributed by atoms with Crippen LogP contribution in [0.1, 0.15) is 48.4 Å². The molecule has 11 nitrogen and oxygen atoms in total. The number of nitrogens with two attached hydrogens (primary N) is 1. The van der Waals surface area contributed by atoms with Crippen LogP contribution < -0.4 is 16.1 Å². The third-order valence-electron chi connectivity index (χ3n) is 4.55. The fourth-order valence-electron chi connectivity index (χ4n) is 3.16. The molecule has 3 rings (SSSR count). The minimum atomic E-state index is -0.475. The number of quaternary nitrogens is 1. The zero-order valence-electron chi connectivity index (χ0n) is 17.4. The van der Waals surface area contributed by atoms with Crippen LogP contribution in [0.5, 0.6) is 0 Å². The van der Waals surface area contributed by atoms with E-state index in [0.717, 1.165) is 36.0 Å². The van der Waals surface area contributed by atoms with E-state index in [1.54, 1.807) is 6.21 Å².